The van der Waals surface area contributed by atoms with Crippen LogP contribution < -0.4 is 10.0 Å². The van der Waals surface area contributed by atoms with Gasteiger partial charge in [-0.1, -0.05) is 35.9 Å². The average molecular weight is 393 g/mol. The van der Waals surface area contributed by atoms with Crippen LogP contribution in [-0.2, 0) is 16.2 Å². The van der Waals surface area contributed by atoms with Crippen molar-refractivity contribution in [2.24, 2.45) is 0 Å². The fraction of sp³-hybridized carbons (Fsp3) is 0.250. The Hall–Kier alpha value is -1.61. The van der Waals surface area contributed by atoms with Crippen molar-refractivity contribution in [2.45, 2.75) is 11.1 Å². The van der Waals surface area contributed by atoms with E-state index in [1.165, 1.54) is 30.3 Å². The van der Waals surface area contributed by atoms with E-state index in [0.29, 0.717) is 6.54 Å². The van der Waals surface area contributed by atoms with Crippen LogP contribution in [0.2, 0.25) is 5.02 Å². The largest absolute Gasteiger partial charge is 0.417 e. The number of benzene rings is 2. The molecule has 9 heteroatoms. The zero-order chi connectivity index (χ0) is 18.7. The minimum absolute atomic E-state index is 0.0757. The number of alkyl halides is 3. The van der Waals surface area contributed by atoms with Gasteiger partial charge in [0, 0.05) is 23.7 Å². The lowest BCUT2D eigenvalue weighted by molar-refractivity contribution is -0.137. The highest BCUT2D eigenvalue weighted by Gasteiger charge is 2.33. The molecule has 0 saturated carbocycles. The molecule has 2 aromatic rings. The number of sulfonamides is 1. The van der Waals surface area contributed by atoms with Crippen LogP contribution in [0.25, 0.3) is 11.1 Å². The standard InChI is InChI=1S/C16H16ClF3N2O2S/c1-21-8-9-22-25(23,24)11-6-7-13(15(17)10-11)12-4-2-3-5-14(12)16(18,19)20/h2-7,10,21-22H,8-9H2,1H3. The Morgan fingerprint density at radius 2 is 1.72 bits per heavy atom. The number of likely N-dealkylation sites (N-methyl/N-ethyl adjacent to an activating group) is 1. The molecule has 0 atom stereocenters. The van der Waals surface area contributed by atoms with Gasteiger partial charge in [0.25, 0.3) is 0 Å². The van der Waals surface area contributed by atoms with Crippen molar-refractivity contribution < 1.29 is 21.6 Å². The lowest BCUT2D eigenvalue weighted by Crippen LogP contribution is -2.30. The third kappa shape index (κ3) is 4.72. The monoisotopic (exact) mass is 392 g/mol. The maximum Gasteiger partial charge on any atom is 0.417 e. The number of nitrogens with one attached hydrogen (secondary N) is 2. The maximum absolute atomic E-state index is 13.2. The Labute approximate surface area is 149 Å². The van der Waals surface area contributed by atoms with Crippen molar-refractivity contribution in [2.75, 3.05) is 20.1 Å². The fourth-order valence-electron chi connectivity index (χ4n) is 2.24. The summed E-state index contributed by atoms with van der Waals surface area (Å²) in [5.74, 6) is 0. The first-order chi connectivity index (χ1) is 11.7. The van der Waals surface area contributed by atoms with Gasteiger partial charge >= 0.3 is 6.18 Å². The molecule has 0 unspecified atom stereocenters. The molecule has 0 radical (unpaired) electrons. The van der Waals surface area contributed by atoms with E-state index >= 15 is 0 Å². The van der Waals surface area contributed by atoms with Gasteiger partial charge in [-0.05, 0) is 30.8 Å². The Bertz CT molecular complexity index is 855. The predicted octanol–water partition coefficient (Wildman–Crippen LogP) is 3.52. The van der Waals surface area contributed by atoms with Gasteiger partial charge in [0.2, 0.25) is 10.0 Å². The first-order valence-electron chi connectivity index (χ1n) is 7.27. The van der Waals surface area contributed by atoms with Gasteiger partial charge in [-0.2, -0.15) is 13.2 Å². The van der Waals surface area contributed by atoms with Crippen LogP contribution in [0.3, 0.4) is 0 Å². The van der Waals surface area contributed by atoms with E-state index in [0.717, 1.165) is 12.1 Å². The van der Waals surface area contributed by atoms with Gasteiger partial charge in [-0.3, -0.25) is 0 Å². The summed E-state index contributed by atoms with van der Waals surface area (Å²) in [4.78, 5) is -0.109. The Balaban J connectivity index is 2.42. The molecule has 25 heavy (non-hydrogen) atoms. The molecule has 0 fully saturated rings. The molecule has 0 aliphatic carbocycles. The van der Waals surface area contributed by atoms with Crippen LogP contribution in [0.15, 0.2) is 47.4 Å². The van der Waals surface area contributed by atoms with E-state index in [9.17, 15) is 21.6 Å². The number of hydrogen-bond donors (Lipinski definition) is 2. The number of rotatable bonds is 6. The summed E-state index contributed by atoms with van der Waals surface area (Å²) in [6.45, 7) is 0.610. The number of halogens is 4. The predicted molar refractivity (Wildman–Crippen MR) is 91.0 cm³/mol. The molecule has 0 amide bonds. The first-order valence-corrected chi connectivity index (χ1v) is 9.13. The molecule has 2 N–H and O–H groups in total. The minimum Gasteiger partial charge on any atom is -0.318 e. The first kappa shape index (κ1) is 19.7. The highest BCUT2D eigenvalue weighted by atomic mass is 35.5. The van der Waals surface area contributed by atoms with Gasteiger partial charge in [0.05, 0.1) is 10.5 Å². The summed E-state index contributed by atoms with van der Waals surface area (Å²) in [5.41, 5.74) is -0.824. The van der Waals surface area contributed by atoms with E-state index < -0.39 is 21.8 Å². The summed E-state index contributed by atoms with van der Waals surface area (Å²) in [5, 5.41) is 2.72. The van der Waals surface area contributed by atoms with Crippen LogP contribution in [0.1, 0.15) is 5.56 Å². The lowest BCUT2D eigenvalue weighted by atomic mass is 9.99. The van der Waals surface area contributed by atoms with Gasteiger partial charge in [-0.25, -0.2) is 13.1 Å². The van der Waals surface area contributed by atoms with Crippen molar-refractivity contribution >= 4 is 21.6 Å². The molecule has 0 heterocycles. The molecule has 0 saturated heterocycles. The SMILES string of the molecule is CNCCNS(=O)(=O)c1ccc(-c2ccccc2C(F)(F)F)c(Cl)c1. The van der Waals surface area contributed by atoms with E-state index in [1.54, 1.807) is 7.05 Å². The summed E-state index contributed by atoms with van der Waals surface area (Å²) in [7, 11) is -2.11. The van der Waals surface area contributed by atoms with Crippen LogP contribution in [0.5, 0.6) is 0 Å². The summed E-state index contributed by atoms with van der Waals surface area (Å²) in [6.07, 6.45) is -4.54. The normalized spacial score (nSPS) is 12.4. The summed E-state index contributed by atoms with van der Waals surface area (Å²) in [6, 6.07) is 8.65. The zero-order valence-corrected chi connectivity index (χ0v) is 14.8. The van der Waals surface area contributed by atoms with Crippen molar-refractivity contribution in [3.8, 4) is 11.1 Å². The topological polar surface area (TPSA) is 58.2 Å². The van der Waals surface area contributed by atoms with Crippen molar-refractivity contribution in [3.05, 3.63) is 53.1 Å². The smallest absolute Gasteiger partial charge is 0.318 e. The van der Waals surface area contributed by atoms with Crippen LogP contribution in [-0.4, -0.2) is 28.6 Å². The van der Waals surface area contributed by atoms with Crippen LogP contribution >= 0.6 is 11.6 Å². The molecule has 0 aromatic heterocycles. The van der Waals surface area contributed by atoms with Gasteiger partial charge < -0.3 is 5.32 Å². The van der Waals surface area contributed by atoms with Gasteiger partial charge in [0.15, 0.2) is 0 Å². The molecule has 2 aromatic carbocycles. The summed E-state index contributed by atoms with van der Waals surface area (Å²) >= 11 is 6.08. The van der Waals surface area contributed by atoms with Crippen molar-refractivity contribution in [1.29, 1.82) is 0 Å². The molecule has 0 aliphatic heterocycles. The lowest BCUT2D eigenvalue weighted by Gasteiger charge is -2.14. The zero-order valence-electron chi connectivity index (χ0n) is 13.2. The third-order valence-electron chi connectivity index (χ3n) is 3.44. The van der Waals surface area contributed by atoms with E-state index in [1.807, 2.05) is 0 Å². The van der Waals surface area contributed by atoms with E-state index in [2.05, 4.69) is 10.0 Å². The van der Waals surface area contributed by atoms with Crippen molar-refractivity contribution in [1.82, 2.24) is 10.0 Å². The van der Waals surface area contributed by atoms with E-state index in [4.69, 9.17) is 11.6 Å². The quantitative estimate of drug-likeness (QED) is 0.739. The summed E-state index contributed by atoms with van der Waals surface area (Å²) < 4.78 is 66.1. The van der Waals surface area contributed by atoms with Crippen molar-refractivity contribution in [3.63, 3.8) is 0 Å². The molecule has 4 nitrogen and oxygen atoms in total. The van der Waals surface area contributed by atoms with Gasteiger partial charge in [0.1, 0.15) is 0 Å². The maximum atomic E-state index is 13.2. The molecule has 136 valence electrons. The Morgan fingerprint density at radius 1 is 1.04 bits per heavy atom. The molecule has 2 rings (SSSR count). The average Bonchev–Trinajstić information content (AvgIpc) is 2.54. The second-order valence-electron chi connectivity index (χ2n) is 5.19. The molecular formula is C16H16ClF3N2O2S. The van der Waals surface area contributed by atoms with Crippen LogP contribution in [0, 0.1) is 0 Å². The highest BCUT2D eigenvalue weighted by Crippen LogP contribution is 2.39. The fourth-order valence-corrected chi connectivity index (χ4v) is 3.65. The third-order valence-corrected chi connectivity index (χ3v) is 5.21. The second-order valence-corrected chi connectivity index (χ2v) is 7.36. The Kier molecular flexibility index (Phi) is 6.10. The second kappa shape index (κ2) is 7.74. The Morgan fingerprint density at radius 3 is 2.32 bits per heavy atom. The highest BCUT2D eigenvalue weighted by molar-refractivity contribution is 7.89. The van der Waals surface area contributed by atoms with E-state index in [-0.39, 0.29) is 27.6 Å². The molecule has 0 bridgehead atoms. The van der Waals surface area contributed by atoms with Crippen LogP contribution in [0.4, 0.5) is 13.2 Å². The van der Waals surface area contributed by atoms with Gasteiger partial charge in [-0.15, -0.1) is 0 Å². The number of hydrogen-bond acceptors (Lipinski definition) is 3. The molecule has 0 spiro atoms. The molecular weight excluding hydrogens is 377 g/mol. The minimum atomic E-state index is -4.54. The molecule has 0 aliphatic rings.